The highest BCUT2D eigenvalue weighted by atomic mass is 16.5. The summed E-state index contributed by atoms with van der Waals surface area (Å²) in [6.07, 6.45) is 6.74. The Bertz CT molecular complexity index is 508. The van der Waals surface area contributed by atoms with Gasteiger partial charge in [0, 0.05) is 45.1 Å². The van der Waals surface area contributed by atoms with Crippen LogP contribution in [0.3, 0.4) is 0 Å². The third-order valence-corrected chi connectivity index (χ3v) is 5.51. The van der Waals surface area contributed by atoms with Crippen molar-refractivity contribution in [3.8, 4) is 0 Å². The fraction of sp³-hybridized carbons (Fsp3) is 0.824. The molecule has 0 radical (unpaired) electrons. The molecule has 0 atom stereocenters. The third kappa shape index (κ3) is 3.78. The van der Waals surface area contributed by atoms with Gasteiger partial charge in [-0.2, -0.15) is 5.10 Å². The van der Waals surface area contributed by atoms with Crippen LogP contribution in [0, 0.1) is 0 Å². The molecule has 3 aliphatic rings. The van der Waals surface area contributed by atoms with Crippen LogP contribution in [0.5, 0.6) is 0 Å². The first-order valence-electron chi connectivity index (χ1n) is 9.06. The quantitative estimate of drug-likeness (QED) is 0.822. The Morgan fingerprint density at radius 1 is 1.21 bits per heavy atom. The Kier molecular flexibility index (Phi) is 5.50. The van der Waals surface area contributed by atoms with Gasteiger partial charge in [-0.15, -0.1) is 0 Å². The fourth-order valence-corrected chi connectivity index (χ4v) is 4.03. The molecule has 1 saturated carbocycles. The summed E-state index contributed by atoms with van der Waals surface area (Å²) in [7, 11) is 1.60. The van der Waals surface area contributed by atoms with Gasteiger partial charge in [0.25, 0.3) is 5.91 Å². The van der Waals surface area contributed by atoms with Crippen LogP contribution in [0.1, 0.15) is 44.9 Å². The van der Waals surface area contributed by atoms with Crippen molar-refractivity contribution in [1.29, 1.82) is 0 Å². The predicted octanol–water partition coefficient (Wildman–Crippen LogP) is 0.746. The van der Waals surface area contributed by atoms with Crippen molar-refractivity contribution in [2.45, 2.75) is 50.5 Å². The molecule has 0 aromatic heterocycles. The van der Waals surface area contributed by atoms with Gasteiger partial charge < -0.3 is 10.1 Å². The third-order valence-electron chi connectivity index (χ3n) is 5.51. The molecule has 0 spiro atoms. The van der Waals surface area contributed by atoms with Crippen LogP contribution < -0.4 is 5.32 Å². The Morgan fingerprint density at radius 3 is 2.58 bits per heavy atom. The smallest absolute Gasteiger partial charge is 0.267 e. The van der Waals surface area contributed by atoms with Crippen LogP contribution in [-0.2, 0) is 14.3 Å². The first-order chi connectivity index (χ1) is 11.6. The summed E-state index contributed by atoms with van der Waals surface area (Å²) in [5.41, 5.74) is 0.513. The number of hydrazone groups is 1. The molecule has 0 bridgehead atoms. The number of ether oxygens (including phenoxy) is 1. The molecule has 0 unspecified atom stereocenters. The molecule has 1 N–H and O–H groups in total. The van der Waals surface area contributed by atoms with Crippen LogP contribution in [0.15, 0.2) is 5.10 Å². The SMILES string of the molecule is CN1N=C(C(=O)NCC2(N3CCOCC3)CCCCC2)CCC1=O. The van der Waals surface area contributed by atoms with E-state index in [-0.39, 0.29) is 17.4 Å². The van der Waals surface area contributed by atoms with Gasteiger partial charge >= 0.3 is 0 Å². The molecule has 134 valence electrons. The molecule has 1 saturated heterocycles. The van der Waals surface area contributed by atoms with E-state index in [0.29, 0.717) is 25.1 Å². The highest BCUT2D eigenvalue weighted by Gasteiger charge is 2.39. The number of carbonyl (C=O) groups excluding carboxylic acids is 2. The lowest BCUT2D eigenvalue weighted by atomic mass is 9.79. The molecule has 2 aliphatic heterocycles. The standard InChI is InChI=1S/C17H28N4O3/c1-20-15(22)6-5-14(19-20)16(23)18-13-17(7-3-2-4-8-17)21-9-11-24-12-10-21/h2-13H2,1H3,(H,18,23). The lowest BCUT2D eigenvalue weighted by molar-refractivity contribution is -0.130. The van der Waals surface area contributed by atoms with Crippen molar-refractivity contribution in [3.63, 3.8) is 0 Å². The van der Waals surface area contributed by atoms with Crippen molar-refractivity contribution in [2.24, 2.45) is 5.10 Å². The number of rotatable bonds is 4. The maximum Gasteiger partial charge on any atom is 0.267 e. The Morgan fingerprint density at radius 2 is 1.92 bits per heavy atom. The van der Waals surface area contributed by atoms with E-state index in [0.717, 1.165) is 39.1 Å². The molecule has 2 amide bonds. The number of amides is 2. The molecule has 3 rings (SSSR count). The zero-order valence-electron chi connectivity index (χ0n) is 14.6. The lowest BCUT2D eigenvalue weighted by Crippen LogP contribution is -2.60. The van der Waals surface area contributed by atoms with Crippen LogP contribution in [0.25, 0.3) is 0 Å². The minimum atomic E-state index is -0.132. The van der Waals surface area contributed by atoms with E-state index in [1.807, 2.05) is 0 Å². The highest BCUT2D eigenvalue weighted by molar-refractivity contribution is 6.39. The number of morpholine rings is 1. The maximum absolute atomic E-state index is 12.5. The Balaban J connectivity index is 1.64. The molecular weight excluding hydrogens is 308 g/mol. The first kappa shape index (κ1) is 17.4. The number of hydrogen-bond donors (Lipinski definition) is 1. The predicted molar refractivity (Wildman–Crippen MR) is 90.7 cm³/mol. The molecular formula is C17H28N4O3. The van der Waals surface area contributed by atoms with Crippen LogP contribution in [0.2, 0.25) is 0 Å². The van der Waals surface area contributed by atoms with E-state index in [9.17, 15) is 9.59 Å². The Labute approximate surface area is 143 Å². The zero-order chi connectivity index (χ0) is 17.0. The average Bonchev–Trinajstić information content (AvgIpc) is 2.63. The summed E-state index contributed by atoms with van der Waals surface area (Å²) in [5.74, 6) is -0.170. The van der Waals surface area contributed by atoms with E-state index in [1.165, 1.54) is 24.3 Å². The van der Waals surface area contributed by atoms with Crippen molar-refractivity contribution in [1.82, 2.24) is 15.2 Å². The van der Waals surface area contributed by atoms with Gasteiger partial charge in [-0.3, -0.25) is 14.5 Å². The monoisotopic (exact) mass is 336 g/mol. The normalized spacial score (nSPS) is 25.3. The van der Waals surface area contributed by atoms with Crippen LogP contribution >= 0.6 is 0 Å². The van der Waals surface area contributed by atoms with Crippen molar-refractivity contribution < 1.29 is 14.3 Å². The van der Waals surface area contributed by atoms with Crippen molar-refractivity contribution in [2.75, 3.05) is 39.9 Å². The maximum atomic E-state index is 12.5. The second kappa shape index (κ2) is 7.61. The van der Waals surface area contributed by atoms with Gasteiger partial charge in [-0.05, 0) is 12.8 Å². The van der Waals surface area contributed by atoms with Crippen molar-refractivity contribution >= 4 is 17.5 Å². The first-order valence-corrected chi connectivity index (χ1v) is 9.06. The summed E-state index contributed by atoms with van der Waals surface area (Å²) in [6.45, 7) is 4.08. The van der Waals surface area contributed by atoms with Gasteiger partial charge in [-0.1, -0.05) is 19.3 Å². The fourth-order valence-electron chi connectivity index (χ4n) is 4.03. The van der Waals surface area contributed by atoms with E-state index in [4.69, 9.17) is 4.74 Å². The molecule has 0 aromatic carbocycles. The topological polar surface area (TPSA) is 74.2 Å². The summed E-state index contributed by atoms with van der Waals surface area (Å²) < 4.78 is 5.49. The molecule has 7 heteroatoms. The van der Waals surface area contributed by atoms with Gasteiger partial charge in [-0.25, -0.2) is 5.01 Å². The van der Waals surface area contributed by atoms with E-state index < -0.39 is 0 Å². The largest absolute Gasteiger partial charge is 0.379 e. The summed E-state index contributed by atoms with van der Waals surface area (Å²) >= 11 is 0. The van der Waals surface area contributed by atoms with Gasteiger partial charge in [0.2, 0.25) is 5.91 Å². The number of nitrogens with zero attached hydrogens (tertiary/aromatic N) is 3. The minimum Gasteiger partial charge on any atom is -0.379 e. The highest BCUT2D eigenvalue weighted by Crippen LogP contribution is 2.33. The Hall–Kier alpha value is -1.47. The summed E-state index contributed by atoms with van der Waals surface area (Å²) in [5, 5.41) is 8.50. The van der Waals surface area contributed by atoms with Crippen LogP contribution in [0.4, 0.5) is 0 Å². The number of carbonyl (C=O) groups is 2. The number of nitrogens with one attached hydrogen (secondary N) is 1. The van der Waals surface area contributed by atoms with Gasteiger partial charge in [0.15, 0.2) is 0 Å². The van der Waals surface area contributed by atoms with E-state index in [1.54, 1.807) is 7.05 Å². The average molecular weight is 336 g/mol. The summed E-state index contributed by atoms with van der Waals surface area (Å²) in [4.78, 5) is 26.5. The molecule has 7 nitrogen and oxygen atoms in total. The lowest BCUT2D eigenvalue weighted by Gasteiger charge is -2.48. The van der Waals surface area contributed by atoms with Gasteiger partial charge in [0.1, 0.15) is 5.71 Å². The molecule has 24 heavy (non-hydrogen) atoms. The molecule has 2 fully saturated rings. The molecule has 2 heterocycles. The summed E-state index contributed by atoms with van der Waals surface area (Å²) in [6, 6.07) is 0. The second-order valence-corrected chi connectivity index (χ2v) is 7.03. The molecule has 1 aliphatic carbocycles. The van der Waals surface area contributed by atoms with Crippen molar-refractivity contribution in [3.05, 3.63) is 0 Å². The zero-order valence-corrected chi connectivity index (χ0v) is 14.6. The molecule has 0 aromatic rings. The van der Waals surface area contributed by atoms with E-state index in [2.05, 4.69) is 15.3 Å². The second-order valence-electron chi connectivity index (χ2n) is 7.03. The minimum absolute atomic E-state index is 0.0383. The number of hydrogen-bond acceptors (Lipinski definition) is 5. The van der Waals surface area contributed by atoms with E-state index >= 15 is 0 Å². The van der Waals surface area contributed by atoms with Crippen LogP contribution in [-0.4, -0.2) is 72.9 Å². The van der Waals surface area contributed by atoms with Gasteiger partial charge in [0.05, 0.1) is 13.2 Å².